The van der Waals surface area contributed by atoms with Gasteiger partial charge in [-0.1, -0.05) is 17.4 Å². The van der Waals surface area contributed by atoms with E-state index in [4.69, 9.17) is 0 Å². The molecule has 3 aromatic rings. The number of hydrogen-bond donors (Lipinski definition) is 2. The predicted octanol–water partition coefficient (Wildman–Crippen LogP) is 3.65. The van der Waals surface area contributed by atoms with Crippen molar-refractivity contribution in [3.8, 4) is 0 Å². The molecule has 0 radical (unpaired) electrons. The van der Waals surface area contributed by atoms with Crippen LogP contribution in [0, 0.1) is 5.82 Å². The number of nitrogens with one attached hydrogen (secondary N) is 2. The summed E-state index contributed by atoms with van der Waals surface area (Å²) in [5.41, 5.74) is 1.55. The fraction of sp³-hybridized carbons (Fsp3) is 0.0625. The van der Waals surface area contributed by atoms with E-state index in [1.54, 1.807) is 30.3 Å². The summed E-state index contributed by atoms with van der Waals surface area (Å²) in [6.45, 7) is 1.40. The van der Waals surface area contributed by atoms with Crippen LogP contribution >= 0.6 is 11.3 Å². The number of thiazole rings is 1. The van der Waals surface area contributed by atoms with Crippen LogP contribution in [-0.2, 0) is 4.79 Å². The van der Waals surface area contributed by atoms with E-state index < -0.39 is 0 Å². The first kappa shape index (κ1) is 15.1. The molecule has 23 heavy (non-hydrogen) atoms. The number of carbonyl (C=O) groups excluding carboxylic acids is 2. The molecule has 1 aromatic heterocycles. The third-order valence-corrected chi connectivity index (χ3v) is 3.95. The van der Waals surface area contributed by atoms with Crippen LogP contribution in [-0.4, -0.2) is 16.8 Å². The molecule has 2 N–H and O–H groups in total. The molecule has 0 saturated heterocycles. The first-order valence-corrected chi connectivity index (χ1v) is 7.58. The van der Waals surface area contributed by atoms with Gasteiger partial charge in [-0.15, -0.1) is 0 Å². The summed E-state index contributed by atoms with van der Waals surface area (Å²) in [6.07, 6.45) is 0. The molecule has 116 valence electrons. The minimum absolute atomic E-state index is 0.212. The first-order chi connectivity index (χ1) is 11.0. The number of halogens is 1. The SMILES string of the molecule is CC(=O)Nc1cccc(C(=O)Nc2nc3ccc(F)cc3s2)c1. The number of benzene rings is 2. The second kappa shape index (κ2) is 6.13. The van der Waals surface area contributed by atoms with E-state index in [0.717, 1.165) is 0 Å². The zero-order valence-electron chi connectivity index (χ0n) is 12.1. The number of amides is 2. The highest BCUT2D eigenvalue weighted by atomic mass is 32.1. The van der Waals surface area contributed by atoms with Crippen molar-refractivity contribution < 1.29 is 14.0 Å². The van der Waals surface area contributed by atoms with E-state index in [2.05, 4.69) is 15.6 Å². The lowest BCUT2D eigenvalue weighted by Crippen LogP contribution is -2.12. The lowest BCUT2D eigenvalue weighted by atomic mass is 10.2. The van der Waals surface area contributed by atoms with Crippen LogP contribution in [0.15, 0.2) is 42.5 Å². The molecule has 3 rings (SSSR count). The minimum Gasteiger partial charge on any atom is -0.326 e. The van der Waals surface area contributed by atoms with Crippen molar-refractivity contribution in [3.05, 3.63) is 53.8 Å². The molecular formula is C16H12FN3O2S. The molecule has 2 amide bonds. The number of fused-ring (bicyclic) bond motifs is 1. The highest BCUT2D eigenvalue weighted by Crippen LogP contribution is 2.27. The zero-order valence-corrected chi connectivity index (χ0v) is 12.9. The third kappa shape index (κ3) is 3.51. The number of aromatic nitrogens is 1. The van der Waals surface area contributed by atoms with E-state index in [1.807, 2.05) is 0 Å². The summed E-state index contributed by atoms with van der Waals surface area (Å²) >= 11 is 1.20. The van der Waals surface area contributed by atoms with Crippen molar-refractivity contribution in [1.82, 2.24) is 4.98 Å². The molecule has 0 atom stereocenters. The summed E-state index contributed by atoms with van der Waals surface area (Å²) in [6, 6.07) is 10.8. The average molecular weight is 329 g/mol. The Morgan fingerprint density at radius 3 is 2.74 bits per heavy atom. The van der Waals surface area contributed by atoms with Crippen LogP contribution < -0.4 is 10.6 Å². The topological polar surface area (TPSA) is 71.1 Å². The Bertz CT molecular complexity index is 907. The second-order valence-electron chi connectivity index (χ2n) is 4.85. The summed E-state index contributed by atoms with van der Waals surface area (Å²) in [7, 11) is 0. The molecule has 0 bridgehead atoms. The number of nitrogens with zero attached hydrogens (tertiary/aromatic N) is 1. The maximum atomic E-state index is 13.2. The summed E-state index contributed by atoms with van der Waals surface area (Å²) < 4.78 is 13.8. The molecule has 5 nitrogen and oxygen atoms in total. The van der Waals surface area contributed by atoms with Gasteiger partial charge in [0.15, 0.2) is 5.13 Å². The minimum atomic E-state index is -0.350. The molecule has 7 heteroatoms. The van der Waals surface area contributed by atoms with Gasteiger partial charge in [0.2, 0.25) is 5.91 Å². The first-order valence-electron chi connectivity index (χ1n) is 6.76. The Balaban J connectivity index is 1.81. The third-order valence-electron chi connectivity index (χ3n) is 3.02. The van der Waals surface area contributed by atoms with Gasteiger partial charge in [0.1, 0.15) is 5.82 Å². The van der Waals surface area contributed by atoms with E-state index in [0.29, 0.717) is 26.6 Å². The Hall–Kier alpha value is -2.80. The van der Waals surface area contributed by atoms with Gasteiger partial charge in [-0.2, -0.15) is 0 Å². The lowest BCUT2D eigenvalue weighted by molar-refractivity contribution is -0.114. The summed E-state index contributed by atoms with van der Waals surface area (Å²) in [5.74, 6) is -0.908. The molecule has 0 aliphatic rings. The van der Waals surface area contributed by atoms with Crippen molar-refractivity contribution in [2.45, 2.75) is 6.92 Å². The Labute approximate surface area is 135 Å². The van der Waals surface area contributed by atoms with Crippen molar-refractivity contribution >= 4 is 44.2 Å². The number of anilines is 2. The van der Waals surface area contributed by atoms with Gasteiger partial charge in [0, 0.05) is 18.2 Å². The highest BCUT2D eigenvalue weighted by Gasteiger charge is 2.11. The van der Waals surface area contributed by atoms with Crippen LogP contribution in [0.2, 0.25) is 0 Å². The van der Waals surface area contributed by atoms with Crippen molar-refractivity contribution in [3.63, 3.8) is 0 Å². The summed E-state index contributed by atoms with van der Waals surface area (Å²) in [4.78, 5) is 27.6. The second-order valence-corrected chi connectivity index (χ2v) is 5.88. The average Bonchev–Trinajstić information content (AvgIpc) is 2.88. The van der Waals surface area contributed by atoms with Crippen LogP contribution in [0.25, 0.3) is 10.2 Å². The van der Waals surface area contributed by atoms with Gasteiger partial charge >= 0.3 is 0 Å². The maximum absolute atomic E-state index is 13.2. The smallest absolute Gasteiger partial charge is 0.257 e. The standard InChI is InChI=1S/C16H12FN3O2S/c1-9(21)18-12-4-2-3-10(7-12)15(22)20-16-19-13-6-5-11(17)8-14(13)23-16/h2-8H,1H3,(H,18,21)(H,19,20,22). The van der Waals surface area contributed by atoms with Crippen LogP contribution in [0.4, 0.5) is 15.2 Å². The van der Waals surface area contributed by atoms with Gasteiger partial charge < -0.3 is 5.32 Å². The molecule has 0 spiro atoms. The van der Waals surface area contributed by atoms with Crippen molar-refractivity contribution in [1.29, 1.82) is 0 Å². The quantitative estimate of drug-likeness (QED) is 0.770. The molecule has 0 aliphatic carbocycles. The summed E-state index contributed by atoms with van der Waals surface area (Å²) in [5, 5.41) is 5.69. The molecule has 2 aromatic carbocycles. The zero-order chi connectivity index (χ0) is 16.4. The molecule has 0 fully saturated rings. The van der Waals surface area contributed by atoms with Gasteiger partial charge in [-0.3, -0.25) is 14.9 Å². The fourth-order valence-corrected chi connectivity index (χ4v) is 2.95. The number of hydrogen-bond acceptors (Lipinski definition) is 4. The Morgan fingerprint density at radius 1 is 1.13 bits per heavy atom. The number of rotatable bonds is 3. The maximum Gasteiger partial charge on any atom is 0.257 e. The highest BCUT2D eigenvalue weighted by molar-refractivity contribution is 7.22. The van der Waals surface area contributed by atoms with E-state index in [9.17, 15) is 14.0 Å². The largest absolute Gasteiger partial charge is 0.326 e. The van der Waals surface area contributed by atoms with Crippen LogP contribution in [0.3, 0.4) is 0 Å². The Kier molecular flexibility index (Phi) is 4.03. The Morgan fingerprint density at radius 2 is 1.96 bits per heavy atom. The van der Waals surface area contributed by atoms with Gasteiger partial charge in [-0.25, -0.2) is 9.37 Å². The van der Waals surface area contributed by atoms with E-state index in [-0.39, 0.29) is 17.6 Å². The monoisotopic (exact) mass is 329 g/mol. The molecule has 0 aliphatic heterocycles. The lowest BCUT2D eigenvalue weighted by Gasteiger charge is -2.05. The van der Waals surface area contributed by atoms with E-state index >= 15 is 0 Å². The molecule has 0 saturated carbocycles. The van der Waals surface area contributed by atoms with Crippen LogP contribution in [0.5, 0.6) is 0 Å². The van der Waals surface area contributed by atoms with Gasteiger partial charge in [0.05, 0.1) is 10.2 Å². The van der Waals surface area contributed by atoms with Gasteiger partial charge in [-0.05, 0) is 36.4 Å². The van der Waals surface area contributed by atoms with Crippen molar-refractivity contribution in [2.75, 3.05) is 10.6 Å². The van der Waals surface area contributed by atoms with E-state index in [1.165, 1.54) is 30.4 Å². The fourth-order valence-electron chi connectivity index (χ4n) is 2.06. The normalized spacial score (nSPS) is 10.5. The number of carbonyl (C=O) groups is 2. The van der Waals surface area contributed by atoms with Gasteiger partial charge in [0.25, 0.3) is 5.91 Å². The molecule has 0 unspecified atom stereocenters. The predicted molar refractivity (Wildman–Crippen MR) is 88.3 cm³/mol. The molecular weight excluding hydrogens is 317 g/mol. The van der Waals surface area contributed by atoms with Crippen LogP contribution in [0.1, 0.15) is 17.3 Å². The molecule has 1 heterocycles. The van der Waals surface area contributed by atoms with Crippen molar-refractivity contribution in [2.24, 2.45) is 0 Å².